The first kappa shape index (κ1) is 14.1. The van der Waals surface area contributed by atoms with Crippen LogP contribution in [0.25, 0.3) is 0 Å². The van der Waals surface area contributed by atoms with Crippen LogP contribution in [0.4, 0.5) is 0 Å². The first-order chi connectivity index (χ1) is 9.84. The summed E-state index contributed by atoms with van der Waals surface area (Å²) in [5.74, 6) is 0.912. The third-order valence-electron chi connectivity index (χ3n) is 5.29. The lowest BCUT2D eigenvalue weighted by molar-refractivity contribution is 0.115. The van der Waals surface area contributed by atoms with Crippen LogP contribution in [-0.4, -0.2) is 30.6 Å². The van der Waals surface area contributed by atoms with Gasteiger partial charge in [0.15, 0.2) is 0 Å². The summed E-state index contributed by atoms with van der Waals surface area (Å²) in [6.07, 6.45) is 7.21. The smallest absolute Gasteiger partial charge is 0.0321 e. The van der Waals surface area contributed by atoms with Gasteiger partial charge in [-0.25, -0.2) is 0 Å². The quantitative estimate of drug-likeness (QED) is 0.904. The van der Waals surface area contributed by atoms with E-state index in [-0.39, 0.29) is 0 Å². The van der Waals surface area contributed by atoms with Crippen LogP contribution in [0, 0.1) is 5.92 Å². The van der Waals surface area contributed by atoms with Gasteiger partial charge in [0.25, 0.3) is 0 Å². The van der Waals surface area contributed by atoms with Gasteiger partial charge in [0.05, 0.1) is 0 Å². The molecule has 2 fully saturated rings. The molecule has 0 spiro atoms. The predicted molar refractivity (Wildman–Crippen MR) is 84.8 cm³/mol. The third-order valence-corrected chi connectivity index (χ3v) is 5.29. The fourth-order valence-corrected chi connectivity index (χ4v) is 3.95. The van der Waals surface area contributed by atoms with Gasteiger partial charge in [0.2, 0.25) is 0 Å². The van der Waals surface area contributed by atoms with Crippen LogP contribution in [0.2, 0.25) is 0 Å². The van der Waals surface area contributed by atoms with Gasteiger partial charge in [-0.3, -0.25) is 4.90 Å². The third kappa shape index (κ3) is 3.24. The van der Waals surface area contributed by atoms with E-state index >= 15 is 0 Å². The molecule has 0 bridgehead atoms. The molecule has 110 valence electrons. The van der Waals surface area contributed by atoms with Gasteiger partial charge in [-0.1, -0.05) is 49.6 Å². The summed E-state index contributed by atoms with van der Waals surface area (Å²) in [6, 6.07) is 12.2. The number of nitrogens with one attached hydrogen (secondary N) is 1. The van der Waals surface area contributed by atoms with E-state index in [2.05, 4.69) is 47.5 Å². The first-order valence-electron chi connectivity index (χ1n) is 8.37. The van der Waals surface area contributed by atoms with Crippen LogP contribution in [0.15, 0.2) is 30.3 Å². The van der Waals surface area contributed by atoms with Crippen molar-refractivity contribution in [3.05, 3.63) is 35.9 Å². The molecule has 20 heavy (non-hydrogen) atoms. The highest BCUT2D eigenvalue weighted by molar-refractivity contribution is 5.18. The Hall–Kier alpha value is -0.860. The fourth-order valence-electron chi connectivity index (χ4n) is 3.95. The lowest BCUT2D eigenvalue weighted by Crippen LogP contribution is -2.54. The Bertz CT molecular complexity index is 397. The second kappa shape index (κ2) is 6.73. The van der Waals surface area contributed by atoms with Crippen molar-refractivity contribution in [3.8, 4) is 0 Å². The molecule has 0 amide bonds. The van der Waals surface area contributed by atoms with Crippen molar-refractivity contribution in [2.75, 3.05) is 19.6 Å². The van der Waals surface area contributed by atoms with Gasteiger partial charge in [0.1, 0.15) is 0 Å². The number of piperazine rings is 1. The average molecular weight is 272 g/mol. The van der Waals surface area contributed by atoms with Gasteiger partial charge in [-0.2, -0.15) is 0 Å². The molecule has 2 unspecified atom stereocenters. The highest BCUT2D eigenvalue weighted by Gasteiger charge is 2.29. The van der Waals surface area contributed by atoms with Crippen molar-refractivity contribution in [3.63, 3.8) is 0 Å². The molecule has 1 aromatic rings. The van der Waals surface area contributed by atoms with Crippen LogP contribution in [-0.2, 0) is 0 Å². The zero-order valence-electron chi connectivity index (χ0n) is 12.7. The van der Waals surface area contributed by atoms with E-state index in [1.165, 1.54) is 50.8 Å². The van der Waals surface area contributed by atoms with Crippen molar-refractivity contribution >= 4 is 0 Å². The number of hydrogen-bond acceptors (Lipinski definition) is 2. The highest BCUT2D eigenvalue weighted by Crippen LogP contribution is 2.29. The number of benzene rings is 1. The molecule has 1 saturated carbocycles. The van der Waals surface area contributed by atoms with E-state index in [0.717, 1.165) is 18.5 Å². The molecular weight excluding hydrogens is 244 g/mol. The largest absolute Gasteiger partial charge is 0.311 e. The lowest BCUT2D eigenvalue weighted by Gasteiger charge is -2.41. The molecule has 2 aliphatic rings. The van der Waals surface area contributed by atoms with Crippen LogP contribution in [0.1, 0.15) is 50.6 Å². The molecule has 1 aromatic carbocycles. The molecule has 0 aromatic heterocycles. The van der Waals surface area contributed by atoms with Gasteiger partial charge < -0.3 is 5.32 Å². The summed E-state index contributed by atoms with van der Waals surface area (Å²) < 4.78 is 0. The van der Waals surface area contributed by atoms with Gasteiger partial charge >= 0.3 is 0 Å². The Labute approximate surface area is 123 Å². The molecule has 1 heterocycles. The molecule has 1 N–H and O–H groups in total. The molecule has 2 nitrogen and oxygen atoms in total. The van der Waals surface area contributed by atoms with Crippen molar-refractivity contribution < 1.29 is 0 Å². The van der Waals surface area contributed by atoms with E-state index in [4.69, 9.17) is 0 Å². The topological polar surface area (TPSA) is 15.3 Å². The molecule has 3 rings (SSSR count). The van der Waals surface area contributed by atoms with E-state index in [0.29, 0.717) is 6.04 Å². The Balaban J connectivity index is 1.62. The number of rotatable bonds is 3. The summed E-state index contributed by atoms with van der Waals surface area (Å²) >= 11 is 0. The summed E-state index contributed by atoms with van der Waals surface area (Å²) in [7, 11) is 0. The predicted octanol–water partition coefficient (Wildman–Crippen LogP) is 3.60. The SMILES string of the molecule is CC(c1ccccc1)N1CCNC(C2CCCCC2)C1. The molecule has 1 aliphatic carbocycles. The zero-order chi connectivity index (χ0) is 13.8. The second-order valence-electron chi connectivity index (χ2n) is 6.54. The molecular formula is C18H28N2. The molecule has 2 heteroatoms. The number of nitrogens with zero attached hydrogens (tertiary/aromatic N) is 1. The summed E-state index contributed by atoms with van der Waals surface area (Å²) in [5.41, 5.74) is 1.46. The van der Waals surface area contributed by atoms with Crippen molar-refractivity contribution in [1.82, 2.24) is 10.2 Å². The van der Waals surface area contributed by atoms with Gasteiger partial charge in [0, 0.05) is 31.7 Å². The molecule has 0 radical (unpaired) electrons. The van der Waals surface area contributed by atoms with Crippen LogP contribution >= 0.6 is 0 Å². The van der Waals surface area contributed by atoms with Crippen molar-refractivity contribution in [1.29, 1.82) is 0 Å². The van der Waals surface area contributed by atoms with Gasteiger partial charge in [-0.15, -0.1) is 0 Å². The lowest BCUT2D eigenvalue weighted by atomic mass is 9.83. The minimum atomic E-state index is 0.546. The number of hydrogen-bond donors (Lipinski definition) is 1. The molecule has 1 aliphatic heterocycles. The molecule has 1 saturated heterocycles. The average Bonchev–Trinajstić information content (AvgIpc) is 2.56. The second-order valence-corrected chi connectivity index (χ2v) is 6.54. The van der Waals surface area contributed by atoms with E-state index in [9.17, 15) is 0 Å². The Morgan fingerprint density at radius 2 is 1.85 bits per heavy atom. The first-order valence-corrected chi connectivity index (χ1v) is 8.37. The van der Waals surface area contributed by atoms with Crippen LogP contribution in [0.3, 0.4) is 0 Å². The normalized spacial score (nSPS) is 27.4. The van der Waals surface area contributed by atoms with Crippen molar-refractivity contribution in [2.24, 2.45) is 5.92 Å². The van der Waals surface area contributed by atoms with E-state index < -0.39 is 0 Å². The monoisotopic (exact) mass is 272 g/mol. The summed E-state index contributed by atoms with van der Waals surface area (Å²) in [6.45, 7) is 5.91. The van der Waals surface area contributed by atoms with E-state index in [1.807, 2.05) is 0 Å². The minimum absolute atomic E-state index is 0.546. The Kier molecular flexibility index (Phi) is 4.74. The van der Waals surface area contributed by atoms with Gasteiger partial charge in [-0.05, 0) is 31.2 Å². The standard InChI is InChI=1S/C18H28N2/c1-15(16-8-4-2-5-9-16)20-13-12-19-18(14-20)17-10-6-3-7-11-17/h2,4-5,8-9,15,17-19H,3,6-7,10-14H2,1H3. The maximum Gasteiger partial charge on any atom is 0.0321 e. The summed E-state index contributed by atoms with van der Waals surface area (Å²) in [5, 5.41) is 3.78. The maximum absolute atomic E-state index is 3.78. The fraction of sp³-hybridized carbons (Fsp3) is 0.667. The maximum atomic E-state index is 3.78. The van der Waals surface area contributed by atoms with Crippen molar-refractivity contribution in [2.45, 2.75) is 51.1 Å². The zero-order valence-corrected chi connectivity index (χ0v) is 12.7. The Morgan fingerprint density at radius 3 is 2.60 bits per heavy atom. The van der Waals surface area contributed by atoms with Crippen LogP contribution < -0.4 is 5.32 Å². The Morgan fingerprint density at radius 1 is 1.10 bits per heavy atom. The van der Waals surface area contributed by atoms with E-state index in [1.54, 1.807) is 0 Å². The van der Waals surface area contributed by atoms with Crippen LogP contribution in [0.5, 0.6) is 0 Å². The minimum Gasteiger partial charge on any atom is -0.311 e. The highest BCUT2D eigenvalue weighted by atomic mass is 15.2. The summed E-state index contributed by atoms with van der Waals surface area (Å²) in [4.78, 5) is 2.67. The molecule has 2 atom stereocenters.